The van der Waals surface area contributed by atoms with E-state index in [0.29, 0.717) is 63.7 Å². The number of aromatic nitrogens is 4. The maximum atomic E-state index is 14.0. The van der Waals surface area contributed by atoms with E-state index in [1.807, 2.05) is 30.3 Å². The van der Waals surface area contributed by atoms with Crippen LogP contribution in [0, 0.1) is 5.41 Å². The van der Waals surface area contributed by atoms with Gasteiger partial charge in [-0.15, -0.1) is 0 Å². The van der Waals surface area contributed by atoms with Gasteiger partial charge in [0, 0.05) is 111 Å². The van der Waals surface area contributed by atoms with Gasteiger partial charge in [-0.05, 0) is 111 Å². The molecule has 2 fully saturated rings. The van der Waals surface area contributed by atoms with Crippen molar-refractivity contribution < 1.29 is 23.1 Å². The van der Waals surface area contributed by atoms with Gasteiger partial charge in [-0.2, -0.15) is 0 Å². The van der Waals surface area contributed by atoms with Crippen LogP contribution in [0.2, 0.25) is 0 Å². The lowest BCUT2D eigenvalue weighted by atomic mass is 9.90. The van der Waals surface area contributed by atoms with Crippen LogP contribution in [0.25, 0.3) is 11.3 Å². The molecule has 4 aliphatic rings. The molecule has 3 aromatic heterocycles. The molecule has 3 aliphatic heterocycles. The van der Waals surface area contributed by atoms with E-state index in [2.05, 4.69) is 69.2 Å². The highest BCUT2D eigenvalue weighted by molar-refractivity contribution is 7.90. The lowest BCUT2D eigenvalue weighted by Gasteiger charge is -2.48. The van der Waals surface area contributed by atoms with Crippen LogP contribution in [-0.4, -0.2) is 106 Å². The first-order valence-electron chi connectivity index (χ1n) is 23.0. The zero-order chi connectivity index (χ0) is 47.5. The number of sulfone groups is 1. The fourth-order valence-electron chi connectivity index (χ4n) is 10.7. The number of nitrogens with one attached hydrogen (secondary N) is 2. The number of aliphatic hydroxyl groups is 1. The maximum Gasteiger partial charge on any atom is 0.293 e. The lowest BCUT2D eigenvalue weighted by molar-refractivity contribution is -0.111. The van der Waals surface area contributed by atoms with E-state index in [1.165, 1.54) is 28.2 Å². The number of carbonyl (C=O) groups is 2. The molecular weight excluding hydrogens is 869 g/mol. The summed E-state index contributed by atoms with van der Waals surface area (Å²) in [6.07, 6.45) is 9.45. The standard InChI is InChI=1S/C50H60N10O6S/c1-8-45(62)53-40-25-34(9-14-42(40)58-20-19-56(28-32(58)3)36-16-18-57(31(2)23-36)35-10-12-37(13-11-35)67(7,65)66)52-46-49(64)55(6)29-41(54-46)38-15-17-51-47(39(38)30-61)60-22-21-59-43(48(60)63)24-33-26-50(4,5)27-44(33)59/h8-15,17,24-25,29,31-32,36,61H,1,16,18-23,26-28,30H2,2-7H3,(H,52,54)(H,53,62)/t31-,32+,36?/m1/s1. The fourth-order valence-corrected chi connectivity index (χ4v) is 11.4. The average Bonchev–Trinajstić information content (AvgIpc) is 3.79. The van der Waals surface area contributed by atoms with Gasteiger partial charge in [-0.1, -0.05) is 20.4 Å². The Hall–Kier alpha value is -6.30. The van der Waals surface area contributed by atoms with Gasteiger partial charge in [0.1, 0.15) is 11.5 Å². The molecule has 3 atom stereocenters. The summed E-state index contributed by atoms with van der Waals surface area (Å²) in [5.41, 5.74) is 7.15. The summed E-state index contributed by atoms with van der Waals surface area (Å²) in [5, 5.41) is 17.0. The van der Waals surface area contributed by atoms with Gasteiger partial charge < -0.3 is 34.7 Å². The number of hydrogen-bond donors (Lipinski definition) is 3. The Bertz CT molecular complexity index is 2940. The second-order valence-corrected chi connectivity index (χ2v) is 21.4. The Labute approximate surface area is 391 Å². The molecule has 67 heavy (non-hydrogen) atoms. The molecule has 0 saturated carbocycles. The smallest absolute Gasteiger partial charge is 0.293 e. The van der Waals surface area contributed by atoms with Crippen LogP contribution in [0.4, 0.5) is 34.4 Å². The highest BCUT2D eigenvalue weighted by Crippen LogP contribution is 2.41. The molecule has 2 aromatic carbocycles. The largest absolute Gasteiger partial charge is 0.392 e. The molecule has 9 rings (SSSR count). The lowest BCUT2D eigenvalue weighted by Crippen LogP contribution is -2.58. The summed E-state index contributed by atoms with van der Waals surface area (Å²) in [5.74, 6) is -0.149. The average molecular weight is 929 g/mol. The van der Waals surface area contributed by atoms with Crippen LogP contribution >= 0.6 is 0 Å². The van der Waals surface area contributed by atoms with E-state index in [0.717, 1.165) is 63.2 Å². The number of nitrogens with zero attached hydrogens (tertiary/aromatic N) is 8. The summed E-state index contributed by atoms with van der Waals surface area (Å²) in [7, 11) is -1.63. The molecule has 2 saturated heterocycles. The Kier molecular flexibility index (Phi) is 12.1. The third-order valence-corrected chi connectivity index (χ3v) is 15.2. The van der Waals surface area contributed by atoms with Crippen molar-refractivity contribution in [2.75, 3.05) is 64.3 Å². The summed E-state index contributed by atoms with van der Waals surface area (Å²) in [6.45, 7) is 16.4. The quantitative estimate of drug-likeness (QED) is 0.137. The number of anilines is 6. The zero-order valence-corrected chi connectivity index (χ0v) is 39.9. The van der Waals surface area contributed by atoms with Crippen molar-refractivity contribution in [1.29, 1.82) is 0 Å². The molecule has 6 heterocycles. The zero-order valence-electron chi connectivity index (χ0n) is 39.1. The van der Waals surface area contributed by atoms with E-state index in [9.17, 15) is 27.9 Å². The third-order valence-electron chi connectivity index (χ3n) is 14.1. The van der Waals surface area contributed by atoms with E-state index >= 15 is 0 Å². The number of carbonyl (C=O) groups excluding carboxylic acids is 2. The molecule has 17 heteroatoms. The van der Waals surface area contributed by atoms with Gasteiger partial charge in [0.2, 0.25) is 5.91 Å². The number of piperidine rings is 1. The Balaban J connectivity index is 0.921. The molecule has 3 N–H and O–H groups in total. The molecule has 0 bridgehead atoms. The van der Waals surface area contributed by atoms with Crippen molar-refractivity contribution in [3.63, 3.8) is 0 Å². The SMILES string of the molecule is C=CC(=O)Nc1cc(Nc2nc(-c3ccnc(N4CCn5c(cc6c5CC(C)(C)C6)C4=O)c3CO)cn(C)c2=O)ccc1N1CCN(C2CCN(c3ccc(S(C)(=O)=O)cc3)[C@H](C)C2)C[C@@H]1C. The van der Waals surface area contributed by atoms with Gasteiger partial charge in [-0.3, -0.25) is 24.2 Å². The van der Waals surface area contributed by atoms with Gasteiger partial charge >= 0.3 is 0 Å². The Morgan fingerprint density at radius 1 is 0.970 bits per heavy atom. The monoisotopic (exact) mass is 928 g/mol. The van der Waals surface area contributed by atoms with Crippen LogP contribution in [0.3, 0.4) is 0 Å². The van der Waals surface area contributed by atoms with Crippen molar-refractivity contribution in [2.45, 2.75) is 89.6 Å². The van der Waals surface area contributed by atoms with Crippen LogP contribution in [0.15, 0.2) is 89.3 Å². The topological polar surface area (TPSA) is 178 Å². The van der Waals surface area contributed by atoms with Crippen molar-refractivity contribution in [3.05, 3.63) is 113 Å². The van der Waals surface area contributed by atoms with Crippen LogP contribution in [-0.2, 0) is 47.7 Å². The minimum absolute atomic E-state index is 0.0356. The molecule has 1 aliphatic carbocycles. The predicted octanol–water partition coefficient (Wildman–Crippen LogP) is 5.76. The van der Waals surface area contributed by atoms with Crippen LogP contribution in [0.5, 0.6) is 0 Å². The normalized spacial score (nSPS) is 20.7. The number of fused-ring (bicyclic) bond motifs is 3. The Morgan fingerprint density at radius 2 is 1.75 bits per heavy atom. The van der Waals surface area contributed by atoms with Gasteiger partial charge in [0.25, 0.3) is 11.5 Å². The van der Waals surface area contributed by atoms with Gasteiger partial charge in [0.15, 0.2) is 15.7 Å². The van der Waals surface area contributed by atoms with E-state index in [1.54, 1.807) is 48.6 Å². The number of piperazine rings is 1. The number of hydrogen-bond acceptors (Lipinski definition) is 12. The van der Waals surface area contributed by atoms with Crippen molar-refractivity contribution in [1.82, 2.24) is 24.0 Å². The number of benzene rings is 2. The van der Waals surface area contributed by atoms with Crippen molar-refractivity contribution >= 4 is 56.0 Å². The molecule has 5 aromatic rings. The van der Waals surface area contributed by atoms with Crippen LogP contribution in [0.1, 0.15) is 67.8 Å². The highest BCUT2D eigenvalue weighted by atomic mass is 32.2. The summed E-state index contributed by atoms with van der Waals surface area (Å²) in [4.78, 5) is 59.1. The highest BCUT2D eigenvalue weighted by Gasteiger charge is 2.38. The first-order chi connectivity index (χ1) is 31.9. The molecule has 0 radical (unpaired) electrons. The maximum absolute atomic E-state index is 14.0. The number of aryl methyl sites for hydroxylation is 1. The molecule has 1 unspecified atom stereocenters. The molecule has 2 amide bonds. The van der Waals surface area contributed by atoms with Gasteiger partial charge in [0.05, 0.1) is 28.6 Å². The number of pyridine rings is 1. The second kappa shape index (κ2) is 17.7. The fraction of sp³-hybridized carbons (Fsp3) is 0.420. The minimum Gasteiger partial charge on any atom is -0.392 e. The van der Waals surface area contributed by atoms with E-state index < -0.39 is 16.4 Å². The summed E-state index contributed by atoms with van der Waals surface area (Å²) < 4.78 is 27.6. The minimum atomic E-state index is -3.26. The van der Waals surface area contributed by atoms with E-state index in [4.69, 9.17) is 4.98 Å². The number of aliphatic hydroxyl groups excluding tert-OH is 1. The molecule has 352 valence electrons. The summed E-state index contributed by atoms with van der Waals surface area (Å²) in [6, 6.07) is 17.3. The van der Waals surface area contributed by atoms with Crippen molar-refractivity contribution in [3.8, 4) is 11.3 Å². The molecule has 0 spiro atoms. The first-order valence-corrected chi connectivity index (χ1v) is 24.9. The van der Waals surface area contributed by atoms with Crippen LogP contribution < -0.4 is 30.9 Å². The molecule has 16 nitrogen and oxygen atoms in total. The number of rotatable bonds is 11. The Morgan fingerprint density at radius 3 is 2.45 bits per heavy atom. The van der Waals surface area contributed by atoms with Gasteiger partial charge in [-0.25, -0.2) is 18.4 Å². The summed E-state index contributed by atoms with van der Waals surface area (Å²) >= 11 is 0. The third kappa shape index (κ3) is 8.87. The molecular formula is C50H60N10O6S. The predicted molar refractivity (Wildman–Crippen MR) is 262 cm³/mol. The second-order valence-electron chi connectivity index (χ2n) is 19.4. The van der Waals surface area contributed by atoms with Crippen molar-refractivity contribution in [2.24, 2.45) is 12.5 Å². The number of amides is 2. The first kappa shape index (κ1) is 45.8. The van der Waals surface area contributed by atoms with E-state index in [-0.39, 0.29) is 40.7 Å².